The number of unbranched alkanes of at least 4 members (excludes halogenated alkanes) is 1. The summed E-state index contributed by atoms with van der Waals surface area (Å²) in [7, 11) is 0. The van der Waals surface area contributed by atoms with Crippen LogP contribution >= 0.6 is 0 Å². The second kappa shape index (κ2) is 4.69. The van der Waals surface area contributed by atoms with Crippen LogP contribution in [0.3, 0.4) is 0 Å². The lowest BCUT2D eigenvalue weighted by Crippen LogP contribution is -2.66. The Morgan fingerprint density at radius 1 is 1.12 bits per heavy atom. The molecule has 1 aromatic carbocycles. The Kier molecular flexibility index (Phi) is 3.05. The molecular weight excluding hydrogens is 326 g/mol. The van der Waals surface area contributed by atoms with E-state index in [0.29, 0.717) is 6.42 Å². The summed E-state index contributed by atoms with van der Waals surface area (Å²) in [5.41, 5.74) is -2.13. The monoisotopic (exact) mass is 345 g/mol. The van der Waals surface area contributed by atoms with Crippen LogP contribution in [0.1, 0.15) is 37.8 Å². The van der Waals surface area contributed by atoms with Gasteiger partial charge in [0, 0.05) is 17.7 Å². The van der Waals surface area contributed by atoms with E-state index in [1.807, 2.05) is 6.92 Å². The van der Waals surface area contributed by atoms with E-state index in [1.54, 1.807) is 12.1 Å². The number of allylic oxidation sites excluding steroid dienone is 1. The van der Waals surface area contributed by atoms with E-state index >= 15 is 0 Å². The Morgan fingerprint density at radius 2 is 1.76 bits per heavy atom. The first-order valence-corrected chi connectivity index (χ1v) is 8.29. The number of hydrogen-bond donors (Lipinski definition) is 3. The topological polar surface area (TPSA) is 107 Å². The maximum Gasteiger partial charge on any atom is 0.295 e. The van der Waals surface area contributed by atoms with Crippen LogP contribution in [-0.4, -0.2) is 44.0 Å². The van der Waals surface area contributed by atoms with Crippen LogP contribution in [-0.2, 0) is 25.9 Å². The van der Waals surface area contributed by atoms with Gasteiger partial charge in [-0.2, -0.15) is 0 Å². The molecule has 1 spiro atoms. The zero-order chi connectivity index (χ0) is 18.2. The number of hydrogen-bond acceptors (Lipinski definition) is 6. The minimum Gasteiger partial charge on any atom is -0.459 e. The lowest BCUT2D eigenvalue weighted by atomic mass is 9.79. The van der Waals surface area contributed by atoms with Crippen molar-refractivity contribution in [2.75, 3.05) is 6.54 Å². The van der Waals surface area contributed by atoms with Gasteiger partial charge in [-0.05, 0) is 13.3 Å². The van der Waals surface area contributed by atoms with Crippen molar-refractivity contribution in [3.63, 3.8) is 0 Å². The third-order valence-electron chi connectivity index (χ3n) is 5.48. The van der Waals surface area contributed by atoms with Gasteiger partial charge in [0.15, 0.2) is 0 Å². The van der Waals surface area contributed by atoms with Crippen molar-refractivity contribution >= 4 is 11.7 Å². The molecule has 0 radical (unpaired) electrons. The van der Waals surface area contributed by atoms with Crippen molar-refractivity contribution in [1.82, 2.24) is 4.90 Å². The van der Waals surface area contributed by atoms with Crippen molar-refractivity contribution in [2.45, 2.75) is 43.8 Å². The van der Waals surface area contributed by atoms with Crippen LogP contribution in [0.5, 0.6) is 0 Å². The number of fused-ring (bicyclic) bond motifs is 2. The predicted molar refractivity (Wildman–Crippen MR) is 84.6 cm³/mol. The molecule has 2 unspecified atom stereocenters. The zero-order valence-corrected chi connectivity index (χ0v) is 13.9. The highest BCUT2D eigenvalue weighted by atomic mass is 16.6. The molecule has 4 rings (SSSR count). The van der Waals surface area contributed by atoms with Crippen molar-refractivity contribution in [2.24, 2.45) is 0 Å². The summed E-state index contributed by atoms with van der Waals surface area (Å²) < 4.78 is 5.62. The van der Waals surface area contributed by atoms with Crippen molar-refractivity contribution in [1.29, 1.82) is 0 Å². The molecule has 1 aliphatic carbocycles. The maximum atomic E-state index is 12.6. The van der Waals surface area contributed by atoms with E-state index in [2.05, 4.69) is 0 Å². The van der Waals surface area contributed by atoms with Gasteiger partial charge in [0.2, 0.25) is 11.3 Å². The van der Waals surface area contributed by atoms with Gasteiger partial charge in [-0.1, -0.05) is 37.6 Å². The summed E-state index contributed by atoms with van der Waals surface area (Å²) in [5.74, 6) is -6.60. The number of nitrogens with zero attached hydrogens (tertiary/aromatic N) is 1. The molecule has 7 nitrogen and oxygen atoms in total. The van der Waals surface area contributed by atoms with Gasteiger partial charge in [0.05, 0.1) is 5.57 Å². The number of benzene rings is 1. The Hall–Kier alpha value is -2.22. The SMILES string of the molecule is CCCCN1C(=O)C(=O)C2=C(C)OC3(O)c4ccccc4C(O)(O)C213. The minimum atomic E-state index is -2.67. The Labute approximate surface area is 144 Å². The van der Waals surface area contributed by atoms with E-state index < -0.39 is 28.8 Å². The fourth-order valence-corrected chi connectivity index (χ4v) is 4.51. The van der Waals surface area contributed by atoms with Crippen LogP contribution in [0, 0.1) is 0 Å². The summed E-state index contributed by atoms with van der Waals surface area (Å²) in [6, 6.07) is 6.17. The summed E-state index contributed by atoms with van der Waals surface area (Å²) >= 11 is 0. The van der Waals surface area contributed by atoms with Gasteiger partial charge in [-0.3, -0.25) is 9.59 Å². The molecule has 25 heavy (non-hydrogen) atoms. The summed E-state index contributed by atoms with van der Waals surface area (Å²) in [6.07, 6.45) is 1.26. The van der Waals surface area contributed by atoms with E-state index in [0.717, 1.165) is 11.3 Å². The van der Waals surface area contributed by atoms with Gasteiger partial charge in [-0.25, -0.2) is 0 Å². The fraction of sp³-hybridized carbons (Fsp3) is 0.444. The number of Topliss-reactive ketones (excluding diaryl/α,β-unsaturated/α-hetero) is 1. The predicted octanol–water partition coefficient (Wildman–Crippen LogP) is 0.237. The normalized spacial score (nSPS) is 32.0. The van der Waals surface area contributed by atoms with Crippen molar-refractivity contribution < 1.29 is 29.6 Å². The number of aliphatic hydroxyl groups is 3. The molecular formula is C18H19NO6. The molecule has 0 bridgehead atoms. The van der Waals surface area contributed by atoms with Crippen LogP contribution in [0.25, 0.3) is 0 Å². The first-order chi connectivity index (χ1) is 11.7. The minimum absolute atomic E-state index is 0.0199. The number of carbonyl (C=O) groups excluding carboxylic acids is 2. The largest absolute Gasteiger partial charge is 0.459 e. The van der Waals surface area contributed by atoms with Crippen LogP contribution in [0.4, 0.5) is 0 Å². The maximum absolute atomic E-state index is 12.6. The molecule has 1 aromatic rings. The van der Waals surface area contributed by atoms with E-state index in [-0.39, 0.29) is 29.0 Å². The van der Waals surface area contributed by atoms with Crippen LogP contribution < -0.4 is 0 Å². The molecule has 1 fully saturated rings. The standard InChI is InChI=1S/C18H19NO6/c1-3-4-9-19-15(21)14(20)13-10(2)25-18(24)12-8-6-5-7-11(12)17(22,23)16(13,18)19/h5-8,22-24H,3-4,9H2,1-2H3. The van der Waals surface area contributed by atoms with Crippen molar-refractivity contribution in [3.05, 3.63) is 46.7 Å². The third kappa shape index (κ3) is 1.48. The highest BCUT2D eigenvalue weighted by molar-refractivity contribution is 6.46. The first-order valence-electron chi connectivity index (χ1n) is 8.29. The second-order valence-corrected chi connectivity index (χ2v) is 6.74. The highest BCUT2D eigenvalue weighted by Gasteiger charge is 2.84. The Bertz CT molecular complexity index is 844. The zero-order valence-electron chi connectivity index (χ0n) is 13.9. The van der Waals surface area contributed by atoms with Crippen LogP contribution in [0.15, 0.2) is 35.6 Å². The smallest absolute Gasteiger partial charge is 0.295 e. The Balaban J connectivity index is 2.07. The molecule has 2 atom stereocenters. The lowest BCUT2D eigenvalue weighted by molar-refractivity contribution is -0.315. The number of ether oxygens (including phenoxy) is 1. The molecule has 2 heterocycles. The van der Waals surface area contributed by atoms with Gasteiger partial charge < -0.3 is 25.0 Å². The molecule has 7 heteroatoms. The quantitative estimate of drug-likeness (QED) is 0.535. The third-order valence-corrected chi connectivity index (χ3v) is 5.48. The molecule has 0 saturated carbocycles. The van der Waals surface area contributed by atoms with E-state index in [9.17, 15) is 24.9 Å². The molecule has 3 N–H and O–H groups in total. The van der Waals surface area contributed by atoms with E-state index in [4.69, 9.17) is 4.74 Å². The molecule has 0 aromatic heterocycles. The van der Waals surface area contributed by atoms with E-state index in [1.165, 1.54) is 19.1 Å². The fourth-order valence-electron chi connectivity index (χ4n) is 4.51. The average molecular weight is 345 g/mol. The summed E-state index contributed by atoms with van der Waals surface area (Å²) in [4.78, 5) is 26.3. The molecule has 2 aliphatic heterocycles. The molecule has 1 saturated heterocycles. The van der Waals surface area contributed by atoms with Gasteiger partial charge in [0.1, 0.15) is 5.76 Å². The average Bonchev–Trinajstić information content (AvgIpc) is 3.02. The number of ketones is 1. The summed E-state index contributed by atoms with van der Waals surface area (Å²) in [5, 5.41) is 33.6. The Morgan fingerprint density at radius 3 is 2.40 bits per heavy atom. The number of amides is 1. The summed E-state index contributed by atoms with van der Waals surface area (Å²) in [6.45, 7) is 3.45. The number of likely N-dealkylation sites (tertiary alicyclic amines) is 1. The van der Waals surface area contributed by atoms with Crippen molar-refractivity contribution in [3.8, 4) is 0 Å². The second-order valence-electron chi connectivity index (χ2n) is 6.74. The number of rotatable bonds is 3. The molecule has 132 valence electrons. The highest BCUT2D eigenvalue weighted by Crippen LogP contribution is 2.66. The van der Waals surface area contributed by atoms with Gasteiger partial charge >= 0.3 is 0 Å². The molecule has 1 amide bonds. The number of carbonyl (C=O) groups is 2. The van der Waals surface area contributed by atoms with Gasteiger partial charge in [0.25, 0.3) is 17.5 Å². The van der Waals surface area contributed by atoms with Crippen LogP contribution in [0.2, 0.25) is 0 Å². The lowest BCUT2D eigenvalue weighted by Gasteiger charge is -2.45. The van der Waals surface area contributed by atoms with Gasteiger partial charge in [-0.15, -0.1) is 0 Å². The first kappa shape index (κ1) is 16.3. The molecule has 3 aliphatic rings.